The first-order chi connectivity index (χ1) is 8.49. The lowest BCUT2D eigenvalue weighted by Crippen LogP contribution is -2.15. The molecule has 9 nitrogen and oxygen atoms in total. The Morgan fingerprint density at radius 3 is 2.72 bits per heavy atom. The van der Waals surface area contributed by atoms with Crippen LogP contribution in [0.3, 0.4) is 0 Å². The zero-order chi connectivity index (χ0) is 13.3. The fourth-order valence-corrected chi connectivity index (χ4v) is 1.47. The van der Waals surface area contributed by atoms with Gasteiger partial charge >= 0.3 is 0 Å². The standard InChI is InChI=1S/C9H14N8O/c1-4(2)6-5(10)7(13-12-6)8(18)11-9-14-16-17(3)15-9/h4H,10H2,1-3H3,(H,12,13)(H,11,15,18). The monoisotopic (exact) mass is 250 g/mol. The van der Waals surface area contributed by atoms with E-state index >= 15 is 0 Å². The number of H-pyrrole nitrogens is 1. The van der Waals surface area contributed by atoms with Crippen LogP contribution in [0.25, 0.3) is 0 Å². The highest BCUT2D eigenvalue weighted by Crippen LogP contribution is 2.22. The second-order valence-corrected chi connectivity index (χ2v) is 4.11. The van der Waals surface area contributed by atoms with E-state index in [1.807, 2.05) is 13.8 Å². The van der Waals surface area contributed by atoms with Crippen molar-refractivity contribution in [1.29, 1.82) is 0 Å². The number of nitrogens with two attached hydrogens (primary N) is 1. The van der Waals surface area contributed by atoms with Crippen molar-refractivity contribution in [3.05, 3.63) is 11.4 Å². The van der Waals surface area contributed by atoms with Gasteiger partial charge in [0, 0.05) is 0 Å². The van der Waals surface area contributed by atoms with Gasteiger partial charge in [-0.2, -0.15) is 9.90 Å². The third kappa shape index (κ3) is 2.14. The summed E-state index contributed by atoms with van der Waals surface area (Å²) in [6.45, 7) is 3.91. The highest BCUT2D eigenvalue weighted by molar-refractivity contribution is 6.05. The topological polar surface area (TPSA) is 127 Å². The van der Waals surface area contributed by atoms with E-state index in [2.05, 4.69) is 30.9 Å². The Hall–Kier alpha value is -2.45. The number of nitrogens with one attached hydrogen (secondary N) is 2. The fourth-order valence-electron chi connectivity index (χ4n) is 1.47. The molecule has 0 aliphatic carbocycles. The largest absolute Gasteiger partial charge is 0.395 e. The number of nitrogens with zero attached hydrogens (tertiary/aromatic N) is 5. The van der Waals surface area contributed by atoms with Crippen molar-refractivity contribution in [3.63, 3.8) is 0 Å². The van der Waals surface area contributed by atoms with Gasteiger partial charge in [-0.1, -0.05) is 18.9 Å². The summed E-state index contributed by atoms with van der Waals surface area (Å²) in [5.74, 6) is -0.201. The van der Waals surface area contributed by atoms with Crippen molar-refractivity contribution >= 4 is 17.5 Å². The van der Waals surface area contributed by atoms with Crippen LogP contribution in [-0.2, 0) is 7.05 Å². The molecule has 0 saturated heterocycles. The molecule has 0 bridgehead atoms. The summed E-state index contributed by atoms with van der Waals surface area (Å²) in [4.78, 5) is 13.1. The van der Waals surface area contributed by atoms with Gasteiger partial charge in [-0.3, -0.25) is 15.2 Å². The molecule has 0 aromatic carbocycles. The molecule has 0 aliphatic heterocycles. The molecule has 1 amide bonds. The van der Waals surface area contributed by atoms with Crippen LogP contribution in [0.1, 0.15) is 35.9 Å². The SMILES string of the molecule is CC(C)c1[nH]nc(C(=O)Nc2nnn(C)n2)c1N. The molecule has 2 rings (SSSR count). The zero-order valence-electron chi connectivity index (χ0n) is 10.3. The van der Waals surface area contributed by atoms with Crippen LogP contribution in [0, 0.1) is 0 Å². The van der Waals surface area contributed by atoms with Gasteiger partial charge in [-0.15, -0.1) is 5.10 Å². The van der Waals surface area contributed by atoms with Gasteiger partial charge in [-0.05, 0) is 11.1 Å². The van der Waals surface area contributed by atoms with E-state index in [1.54, 1.807) is 7.05 Å². The lowest BCUT2D eigenvalue weighted by molar-refractivity contribution is 0.102. The normalized spacial score (nSPS) is 10.9. The first-order valence-corrected chi connectivity index (χ1v) is 5.38. The molecule has 18 heavy (non-hydrogen) atoms. The first-order valence-electron chi connectivity index (χ1n) is 5.38. The fraction of sp³-hybridized carbons (Fsp3) is 0.444. The minimum absolute atomic E-state index is 0.107. The Kier molecular flexibility index (Phi) is 2.96. The molecule has 0 fully saturated rings. The number of anilines is 2. The number of aromatic amines is 1. The summed E-state index contributed by atoms with van der Waals surface area (Å²) in [7, 11) is 1.60. The first kappa shape index (κ1) is 12.0. The quantitative estimate of drug-likeness (QED) is 0.697. The number of carbonyl (C=O) groups is 1. The highest BCUT2D eigenvalue weighted by atomic mass is 16.2. The Labute approximate surface area is 103 Å². The lowest BCUT2D eigenvalue weighted by Gasteiger charge is -2.02. The minimum Gasteiger partial charge on any atom is -0.395 e. The van der Waals surface area contributed by atoms with Gasteiger partial charge < -0.3 is 5.73 Å². The van der Waals surface area contributed by atoms with Crippen LogP contribution in [0.5, 0.6) is 0 Å². The van der Waals surface area contributed by atoms with E-state index in [0.717, 1.165) is 5.69 Å². The molecule has 0 unspecified atom stereocenters. The molecular weight excluding hydrogens is 236 g/mol. The number of tetrazole rings is 1. The Bertz CT molecular complexity index is 569. The molecule has 0 spiro atoms. The van der Waals surface area contributed by atoms with Gasteiger partial charge in [0.15, 0.2) is 5.69 Å². The van der Waals surface area contributed by atoms with Gasteiger partial charge in [0.05, 0.1) is 18.4 Å². The summed E-state index contributed by atoms with van der Waals surface area (Å²) in [5, 5.41) is 20.2. The molecule has 2 aromatic heterocycles. The third-order valence-electron chi connectivity index (χ3n) is 2.36. The summed E-state index contributed by atoms with van der Waals surface area (Å²) in [5.41, 5.74) is 7.05. The maximum atomic E-state index is 11.9. The second kappa shape index (κ2) is 4.43. The van der Waals surface area contributed by atoms with E-state index in [4.69, 9.17) is 5.73 Å². The van der Waals surface area contributed by atoms with E-state index in [-0.39, 0.29) is 17.6 Å². The van der Waals surface area contributed by atoms with Crippen molar-refractivity contribution in [2.24, 2.45) is 7.05 Å². The molecule has 2 aromatic rings. The molecule has 96 valence electrons. The Balaban J connectivity index is 2.19. The number of nitrogen functional groups attached to an aromatic ring is 1. The predicted molar refractivity (Wildman–Crippen MR) is 63.8 cm³/mol. The Morgan fingerprint density at radius 1 is 1.50 bits per heavy atom. The minimum atomic E-state index is -0.469. The maximum Gasteiger partial charge on any atom is 0.280 e. The average Bonchev–Trinajstić information content (AvgIpc) is 2.85. The summed E-state index contributed by atoms with van der Waals surface area (Å²) >= 11 is 0. The van der Waals surface area contributed by atoms with Crippen molar-refractivity contribution in [3.8, 4) is 0 Å². The molecular formula is C9H14N8O. The molecule has 2 heterocycles. The number of aryl methyl sites for hydroxylation is 1. The number of hydrogen-bond acceptors (Lipinski definition) is 6. The Morgan fingerprint density at radius 2 is 2.22 bits per heavy atom. The van der Waals surface area contributed by atoms with Crippen LogP contribution >= 0.6 is 0 Å². The number of hydrogen-bond donors (Lipinski definition) is 3. The van der Waals surface area contributed by atoms with E-state index in [1.165, 1.54) is 4.80 Å². The van der Waals surface area contributed by atoms with E-state index in [9.17, 15) is 4.79 Å². The zero-order valence-corrected chi connectivity index (χ0v) is 10.3. The van der Waals surface area contributed by atoms with Crippen LogP contribution < -0.4 is 11.1 Å². The molecule has 4 N–H and O–H groups in total. The van der Waals surface area contributed by atoms with Gasteiger partial charge in [0.2, 0.25) is 0 Å². The number of carbonyl (C=O) groups excluding carboxylic acids is 1. The summed E-state index contributed by atoms with van der Waals surface area (Å²) in [6, 6.07) is 0. The van der Waals surface area contributed by atoms with Crippen molar-refractivity contribution in [2.45, 2.75) is 19.8 Å². The van der Waals surface area contributed by atoms with Crippen LogP contribution in [0.15, 0.2) is 0 Å². The van der Waals surface area contributed by atoms with Crippen molar-refractivity contribution in [1.82, 2.24) is 30.4 Å². The smallest absolute Gasteiger partial charge is 0.280 e. The number of amides is 1. The molecule has 0 aliphatic rings. The number of aromatic nitrogens is 6. The van der Waals surface area contributed by atoms with E-state index < -0.39 is 5.91 Å². The molecule has 0 atom stereocenters. The van der Waals surface area contributed by atoms with Crippen LogP contribution in [0.4, 0.5) is 11.6 Å². The summed E-state index contributed by atoms with van der Waals surface area (Å²) < 4.78 is 0. The van der Waals surface area contributed by atoms with Crippen molar-refractivity contribution in [2.75, 3.05) is 11.1 Å². The van der Waals surface area contributed by atoms with Crippen molar-refractivity contribution < 1.29 is 4.79 Å². The third-order valence-corrected chi connectivity index (χ3v) is 2.36. The predicted octanol–water partition coefficient (Wildman–Crippen LogP) is -0.109. The van der Waals surface area contributed by atoms with Gasteiger partial charge in [0.25, 0.3) is 11.9 Å². The highest BCUT2D eigenvalue weighted by Gasteiger charge is 2.20. The molecule has 0 radical (unpaired) electrons. The molecule has 9 heteroatoms. The van der Waals surface area contributed by atoms with Crippen LogP contribution in [0.2, 0.25) is 0 Å². The second-order valence-electron chi connectivity index (χ2n) is 4.11. The van der Waals surface area contributed by atoms with Gasteiger partial charge in [-0.25, -0.2) is 0 Å². The maximum absolute atomic E-state index is 11.9. The number of rotatable bonds is 3. The summed E-state index contributed by atoms with van der Waals surface area (Å²) in [6.07, 6.45) is 0. The average molecular weight is 250 g/mol. The molecule has 0 saturated carbocycles. The van der Waals surface area contributed by atoms with Crippen LogP contribution in [-0.4, -0.2) is 36.3 Å². The van der Waals surface area contributed by atoms with Gasteiger partial charge in [0.1, 0.15) is 0 Å². The van der Waals surface area contributed by atoms with E-state index in [0.29, 0.717) is 5.69 Å². The lowest BCUT2D eigenvalue weighted by atomic mass is 10.1.